The highest BCUT2D eigenvalue weighted by Gasteiger charge is 2.63. The Morgan fingerprint density at radius 2 is 1.78 bits per heavy atom. The van der Waals surface area contributed by atoms with Crippen LogP contribution >= 0.6 is 31.9 Å². The number of fused-ring (bicyclic) bond motifs is 5. The Balaban J connectivity index is 1.73. The fourth-order valence-electron chi connectivity index (χ4n) is 6.94. The van der Waals surface area contributed by atoms with E-state index in [0.717, 1.165) is 12.3 Å². The van der Waals surface area contributed by atoms with Crippen LogP contribution < -0.4 is 0 Å². The predicted molar refractivity (Wildman–Crippen MR) is 97.9 cm³/mol. The minimum Gasteiger partial charge on any atom is -0.299 e. The van der Waals surface area contributed by atoms with Crippen molar-refractivity contribution in [2.45, 2.75) is 68.4 Å². The molecule has 0 aliphatic heterocycles. The van der Waals surface area contributed by atoms with Crippen LogP contribution in [0.4, 0.5) is 0 Å². The van der Waals surface area contributed by atoms with Crippen molar-refractivity contribution in [3.8, 4) is 0 Å². The van der Waals surface area contributed by atoms with Gasteiger partial charge < -0.3 is 0 Å². The third-order valence-corrected chi connectivity index (χ3v) is 9.81. The molecule has 0 heterocycles. The first-order valence-electron chi connectivity index (χ1n) is 9.12. The van der Waals surface area contributed by atoms with Gasteiger partial charge in [-0.25, -0.2) is 0 Å². The van der Waals surface area contributed by atoms with Crippen LogP contribution in [0.5, 0.6) is 0 Å². The maximum atomic E-state index is 13.0. The van der Waals surface area contributed by atoms with E-state index >= 15 is 0 Å². The molecule has 128 valence electrons. The lowest BCUT2D eigenvalue weighted by atomic mass is 9.45. The highest BCUT2D eigenvalue weighted by molar-refractivity contribution is 9.10. The molecule has 0 radical (unpaired) electrons. The summed E-state index contributed by atoms with van der Waals surface area (Å²) in [7, 11) is 0. The summed E-state index contributed by atoms with van der Waals surface area (Å²) >= 11 is 7.20. The molecule has 2 nitrogen and oxygen atoms in total. The molecule has 4 aliphatic carbocycles. The van der Waals surface area contributed by atoms with E-state index in [1.165, 1.54) is 32.1 Å². The van der Waals surface area contributed by atoms with E-state index in [4.69, 9.17) is 0 Å². The Bertz CT molecular complexity index is 562. The van der Waals surface area contributed by atoms with Crippen molar-refractivity contribution < 1.29 is 9.59 Å². The number of alkyl halides is 2. The van der Waals surface area contributed by atoms with Crippen molar-refractivity contribution in [3.63, 3.8) is 0 Å². The van der Waals surface area contributed by atoms with Gasteiger partial charge in [-0.1, -0.05) is 52.1 Å². The van der Waals surface area contributed by atoms with Crippen LogP contribution in [0, 0.1) is 34.5 Å². The van der Waals surface area contributed by atoms with E-state index in [-0.39, 0.29) is 26.8 Å². The topological polar surface area (TPSA) is 34.1 Å². The summed E-state index contributed by atoms with van der Waals surface area (Å²) in [5.74, 6) is 2.28. The highest BCUT2D eigenvalue weighted by Crippen LogP contribution is 2.66. The summed E-state index contributed by atoms with van der Waals surface area (Å²) in [4.78, 5) is 25.1. The maximum Gasteiger partial charge on any atom is 0.160 e. The molecule has 4 saturated carbocycles. The standard InChI is InChI=1S/C19H26Br2O2/c1-18-6-3-4-11(18)10-8-14(22)15-16(21)17(23)13(20)9-19(15,2)12(10)5-7-18/h10-13,15-16H,3-9H2,1-2H3/t10-,11+,12-,13+,15+,16-,18+,19+/m0/s1. The fraction of sp³-hybridized carbons (Fsp3) is 0.895. The van der Waals surface area contributed by atoms with E-state index in [2.05, 4.69) is 45.7 Å². The van der Waals surface area contributed by atoms with Crippen LogP contribution in [0.1, 0.15) is 58.8 Å². The number of carbonyl (C=O) groups is 2. The number of rotatable bonds is 0. The molecule has 0 aromatic heterocycles. The van der Waals surface area contributed by atoms with Gasteiger partial charge in [0.15, 0.2) is 5.78 Å². The van der Waals surface area contributed by atoms with E-state index in [1.807, 2.05) is 0 Å². The molecule has 4 heteroatoms. The summed E-state index contributed by atoms with van der Waals surface area (Å²) in [6.45, 7) is 4.77. The number of halogens is 2. The average Bonchev–Trinajstić information content (AvgIpc) is 2.86. The van der Waals surface area contributed by atoms with E-state index in [1.54, 1.807) is 0 Å². The molecule has 0 aromatic carbocycles. The molecular formula is C19H26Br2O2. The van der Waals surface area contributed by atoms with Crippen LogP contribution in [0.15, 0.2) is 0 Å². The fourth-order valence-corrected chi connectivity index (χ4v) is 9.50. The van der Waals surface area contributed by atoms with Gasteiger partial charge in [0.2, 0.25) is 0 Å². The third kappa shape index (κ3) is 2.22. The monoisotopic (exact) mass is 444 g/mol. The zero-order chi connectivity index (χ0) is 16.6. The van der Waals surface area contributed by atoms with Gasteiger partial charge in [-0.05, 0) is 60.7 Å². The van der Waals surface area contributed by atoms with Crippen molar-refractivity contribution >= 4 is 43.4 Å². The van der Waals surface area contributed by atoms with E-state index < -0.39 is 0 Å². The number of ketones is 2. The first kappa shape index (κ1) is 16.8. The highest BCUT2D eigenvalue weighted by atomic mass is 79.9. The summed E-state index contributed by atoms with van der Waals surface area (Å²) in [5.41, 5.74) is 0.441. The van der Waals surface area contributed by atoms with Crippen molar-refractivity contribution in [3.05, 3.63) is 0 Å². The lowest BCUT2D eigenvalue weighted by Gasteiger charge is -2.60. The second-order valence-electron chi connectivity index (χ2n) is 9.09. The molecule has 0 spiro atoms. The minimum absolute atomic E-state index is 0.0276. The Kier molecular flexibility index (Phi) is 3.93. The molecule has 4 fully saturated rings. The number of hydrogen-bond acceptors (Lipinski definition) is 2. The summed E-state index contributed by atoms with van der Waals surface area (Å²) in [6, 6.07) is 0. The van der Waals surface area contributed by atoms with Crippen LogP contribution in [0.3, 0.4) is 0 Å². The molecule has 23 heavy (non-hydrogen) atoms. The number of carbonyl (C=O) groups excluding carboxylic acids is 2. The van der Waals surface area contributed by atoms with E-state index in [9.17, 15) is 9.59 Å². The zero-order valence-electron chi connectivity index (χ0n) is 14.0. The average molecular weight is 446 g/mol. The predicted octanol–water partition coefficient (Wildman–Crippen LogP) is 4.91. The van der Waals surface area contributed by atoms with Gasteiger partial charge in [0, 0.05) is 12.3 Å². The number of Topliss-reactive ketones (excluding diaryl/α,β-unsaturated/α-hetero) is 2. The lowest BCUT2D eigenvalue weighted by Crippen LogP contribution is -2.61. The van der Waals surface area contributed by atoms with Crippen molar-refractivity contribution in [1.82, 2.24) is 0 Å². The molecule has 8 atom stereocenters. The largest absolute Gasteiger partial charge is 0.299 e. The maximum absolute atomic E-state index is 13.0. The van der Waals surface area contributed by atoms with Gasteiger partial charge >= 0.3 is 0 Å². The van der Waals surface area contributed by atoms with Crippen LogP contribution in [-0.2, 0) is 9.59 Å². The van der Waals surface area contributed by atoms with Gasteiger partial charge in [-0.15, -0.1) is 0 Å². The van der Waals surface area contributed by atoms with Crippen LogP contribution in [0.2, 0.25) is 0 Å². The van der Waals surface area contributed by atoms with Crippen molar-refractivity contribution in [2.24, 2.45) is 34.5 Å². The first-order valence-corrected chi connectivity index (χ1v) is 11.0. The summed E-state index contributed by atoms with van der Waals surface area (Å²) < 4.78 is 0. The molecule has 0 aromatic rings. The Hall–Kier alpha value is 0.300. The van der Waals surface area contributed by atoms with Crippen molar-refractivity contribution in [2.75, 3.05) is 0 Å². The van der Waals surface area contributed by atoms with Crippen LogP contribution in [0.25, 0.3) is 0 Å². The second kappa shape index (κ2) is 5.40. The molecule has 0 amide bonds. The molecule has 0 unspecified atom stereocenters. The van der Waals surface area contributed by atoms with Gasteiger partial charge in [-0.2, -0.15) is 0 Å². The Morgan fingerprint density at radius 1 is 1.04 bits per heavy atom. The smallest absolute Gasteiger partial charge is 0.160 e. The van der Waals surface area contributed by atoms with Gasteiger partial charge in [-0.3, -0.25) is 9.59 Å². The normalized spacial score (nSPS) is 56.0. The molecule has 0 N–H and O–H groups in total. The quantitative estimate of drug-likeness (QED) is 0.496. The molecule has 4 aliphatic rings. The second-order valence-corrected chi connectivity index (χ2v) is 11.2. The summed E-state index contributed by atoms with van der Waals surface area (Å²) in [5, 5.41) is 0. The van der Waals surface area contributed by atoms with Gasteiger partial charge in [0.25, 0.3) is 0 Å². The SMILES string of the molecule is C[C@]12CCC[C@@H]1[C@@H]1CC(=O)[C@@H]3[C@H](Br)C(=O)[C@H](Br)C[C@]3(C)[C@H]1CC2. The zero-order valence-corrected chi connectivity index (χ0v) is 17.2. The minimum atomic E-state index is -0.295. The number of hydrogen-bond donors (Lipinski definition) is 0. The van der Waals surface area contributed by atoms with Crippen LogP contribution in [-0.4, -0.2) is 21.2 Å². The van der Waals surface area contributed by atoms with Crippen molar-refractivity contribution in [1.29, 1.82) is 0 Å². The Labute approximate surface area is 155 Å². The lowest BCUT2D eigenvalue weighted by molar-refractivity contribution is -0.155. The van der Waals surface area contributed by atoms with E-state index in [0.29, 0.717) is 29.5 Å². The van der Waals surface area contributed by atoms with Gasteiger partial charge in [0.05, 0.1) is 9.65 Å². The molecular weight excluding hydrogens is 420 g/mol. The molecule has 4 rings (SSSR count). The summed E-state index contributed by atoms with van der Waals surface area (Å²) in [6.07, 6.45) is 8.08. The van der Waals surface area contributed by atoms with Gasteiger partial charge in [0.1, 0.15) is 5.78 Å². The first-order chi connectivity index (χ1) is 10.8. The molecule has 0 bridgehead atoms. The molecule has 0 saturated heterocycles. The third-order valence-electron chi connectivity index (χ3n) is 8.05. The Morgan fingerprint density at radius 3 is 2.52 bits per heavy atom.